The van der Waals surface area contributed by atoms with Crippen LogP contribution in [0.15, 0.2) is 54.4 Å². The number of rotatable bonds is 9. The predicted octanol–water partition coefficient (Wildman–Crippen LogP) is 5.39. The van der Waals surface area contributed by atoms with Gasteiger partial charge in [0.25, 0.3) is 5.91 Å². The molecule has 3 aliphatic heterocycles. The van der Waals surface area contributed by atoms with E-state index in [9.17, 15) is 29.1 Å². The number of thiazole rings is 1. The van der Waals surface area contributed by atoms with Crippen LogP contribution in [-0.4, -0.2) is 125 Å². The summed E-state index contributed by atoms with van der Waals surface area (Å²) in [5.74, 6) is -2.81. The molecule has 2 aromatic heterocycles. The average Bonchev–Trinajstić information content (AvgIpc) is 4.02. The van der Waals surface area contributed by atoms with Crippen molar-refractivity contribution < 1.29 is 33.8 Å². The minimum Gasteiger partial charge on any atom is -0.508 e. The Labute approximate surface area is 379 Å². The Kier molecular flexibility index (Phi) is 13.6. The van der Waals surface area contributed by atoms with Gasteiger partial charge < -0.3 is 34.4 Å². The molecule has 6 bridgehead atoms. The van der Waals surface area contributed by atoms with E-state index in [-0.39, 0.29) is 49.6 Å². The van der Waals surface area contributed by atoms with Crippen LogP contribution in [0, 0.1) is 17.3 Å². The van der Waals surface area contributed by atoms with Gasteiger partial charge in [-0.25, -0.2) is 10.4 Å². The molecule has 64 heavy (non-hydrogen) atoms. The highest BCUT2D eigenvalue weighted by Gasteiger charge is 2.40. The first-order chi connectivity index (χ1) is 30.4. The maximum Gasteiger partial charge on any atom is 0.324 e. The van der Waals surface area contributed by atoms with Crippen molar-refractivity contribution >= 4 is 57.0 Å². The van der Waals surface area contributed by atoms with E-state index in [4.69, 9.17) is 9.72 Å². The number of hydrazine groups is 1. The molecule has 0 unspecified atom stereocenters. The lowest BCUT2D eigenvalue weighted by Crippen LogP contribution is -2.62. The molecule has 0 spiro atoms. The van der Waals surface area contributed by atoms with E-state index < -0.39 is 47.2 Å². The molecule has 2 aromatic carbocycles. The average molecular weight is 895 g/mol. The van der Waals surface area contributed by atoms with E-state index in [1.807, 2.05) is 45.0 Å². The molecule has 3 N–H and O–H groups in total. The van der Waals surface area contributed by atoms with Gasteiger partial charge in [0.05, 0.1) is 18.2 Å². The number of anilines is 1. The third-order valence-corrected chi connectivity index (χ3v) is 13.7. The van der Waals surface area contributed by atoms with Gasteiger partial charge in [-0.05, 0) is 91.1 Å². The number of likely N-dealkylation sites (N-methyl/N-ethyl adjacent to an activating group) is 1. The van der Waals surface area contributed by atoms with Crippen molar-refractivity contribution in [3.63, 3.8) is 0 Å². The van der Waals surface area contributed by atoms with Crippen molar-refractivity contribution in [2.75, 3.05) is 52.3 Å². The summed E-state index contributed by atoms with van der Waals surface area (Å²) in [6.07, 6.45) is 3.22. The first-order valence-corrected chi connectivity index (χ1v) is 23.1. The number of carbonyl (C=O) groups excluding carboxylic acids is 5. The number of phenols is 1. The second kappa shape index (κ2) is 18.8. The number of fused-ring (bicyclic) bond motifs is 6. The molecule has 4 amide bonds. The van der Waals surface area contributed by atoms with Gasteiger partial charge in [0.2, 0.25) is 17.7 Å². The van der Waals surface area contributed by atoms with E-state index in [0.29, 0.717) is 44.3 Å². The number of nitrogens with zero attached hydrogens (tertiary/aromatic N) is 6. The standard InChI is InChI=1S/C48H62N8O7S/c1-10-40(58)54-18-16-31(25-54)44(60)53(9)41(28(3)4)43(59)49-37-21-29-19-32(22-33(57)20-29)30-14-15-39-34(23-30)35(42(55(39)11-2)38-26-64-47(50-38)52(7)8)24-48(5,6)27-63-46(62)36-13-12-17-56(51-36)45(37)61/h10,14-15,19-20,22-23,26,28,31,36-37,41,51,57H,1,11-13,16-18,21,24-25,27H2,2-9H3,(H,49,59)/t31-,36-,37-,41-/m0/s1. The van der Waals surface area contributed by atoms with Crippen molar-refractivity contribution in [1.29, 1.82) is 0 Å². The Balaban J connectivity index is 1.29. The number of nitrogens with one attached hydrogen (secondary N) is 2. The van der Waals surface area contributed by atoms with Crippen LogP contribution < -0.4 is 15.6 Å². The number of esters is 1. The van der Waals surface area contributed by atoms with E-state index in [1.54, 1.807) is 35.4 Å². The molecule has 3 aliphatic rings. The Hall–Kier alpha value is -5.74. The minimum absolute atomic E-state index is 0.000923. The summed E-state index contributed by atoms with van der Waals surface area (Å²) in [4.78, 5) is 79.2. The lowest BCUT2D eigenvalue weighted by molar-refractivity contribution is -0.155. The summed E-state index contributed by atoms with van der Waals surface area (Å²) in [6, 6.07) is 8.56. The number of aromatic nitrogens is 2. The minimum atomic E-state index is -1.15. The number of carbonyl (C=O) groups is 5. The summed E-state index contributed by atoms with van der Waals surface area (Å²) >= 11 is 1.58. The highest BCUT2D eigenvalue weighted by molar-refractivity contribution is 7.14. The van der Waals surface area contributed by atoms with Gasteiger partial charge in [-0.1, -0.05) is 46.4 Å². The number of amides is 4. The van der Waals surface area contributed by atoms with E-state index in [1.165, 1.54) is 16.0 Å². The Morgan fingerprint density at radius 1 is 1.09 bits per heavy atom. The monoisotopic (exact) mass is 894 g/mol. The highest BCUT2D eigenvalue weighted by Crippen LogP contribution is 2.41. The number of ether oxygens (including phenoxy) is 1. The Morgan fingerprint density at radius 3 is 2.55 bits per heavy atom. The number of likely N-dealkylation sites (tertiary alicyclic amines) is 1. The molecule has 16 heteroatoms. The molecule has 2 saturated heterocycles. The fourth-order valence-electron chi connectivity index (χ4n) is 9.48. The quantitative estimate of drug-likeness (QED) is 0.146. The van der Waals surface area contributed by atoms with E-state index in [0.717, 1.165) is 44.1 Å². The second-order valence-corrected chi connectivity index (χ2v) is 19.6. The number of aromatic hydroxyl groups is 1. The number of phenolic OH excluding ortho intramolecular Hbond substituents is 1. The van der Waals surface area contributed by atoms with Crippen molar-refractivity contribution in [1.82, 2.24) is 35.1 Å². The zero-order valence-corrected chi connectivity index (χ0v) is 39.1. The lowest BCUT2D eigenvalue weighted by atomic mass is 9.84. The molecular weight excluding hydrogens is 833 g/mol. The Morgan fingerprint density at radius 2 is 1.86 bits per heavy atom. The Bertz CT molecular complexity index is 2460. The summed E-state index contributed by atoms with van der Waals surface area (Å²) in [7, 11) is 5.53. The van der Waals surface area contributed by atoms with Gasteiger partial charge in [-0.3, -0.25) is 29.0 Å². The molecule has 4 atom stereocenters. The number of hydrogen-bond donors (Lipinski definition) is 3. The number of hydrogen-bond acceptors (Lipinski definition) is 11. The van der Waals surface area contributed by atoms with Crippen molar-refractivity contribution in [2.45, 2.75) is 91.4 Å². The fraction of sp³-hybridized carbons (Fsp3) is 0.500. The van der Waals surface area contributed by atoms with Crippen LogP contribution in [0.25, 0.3) is 33.4 Å². The van der Waals surface area contributed by atoms with Crippen LogP contribution in [0.4, 0.5) is 5.13 Å². The van der Waals surface area contributed by atoms with Crippen LogP contribution in [0.3, 0.4) is 0 Å². The molecule has 7 rings (SSSR count). The lowest BCUT2D eigenvalue weighted by Gasteiger charge is -2.37. The van der Waals surface area contributed by atoms with Crippen molar-refractivity contribution in [3.8, 4) is 28.3 Å². The number of cyclic esters (lactones) is 1. The molecule has 4 aromatic rings. The summed E-state index contributed by atoms with van der Waals surface area (Å²) in [5, 5.41) is 19.6. The molecule has 15 nitrogen and oxygen atoms in total. The van der Waals surface area contributed by atoms with Gasteiger partial charge in [0.1, 0.15) is 29.6 Å². The third-order valence-electron chi connectivity index (χ3n) is 12.7. The molecule has 0 radical (unpaired) electrons. The van der Waals surface area contributed by atoms with Crippen LogP contribution >= 0.6 is 11.3 Å². The van der Waals surface area contributed by atoms with Gasteiger partial charge in [-0.15, -0.1) is 11.3 Å². The van der Waals surface area contributed by atoms with Crippen molar-refractivity contribution in [3.05, 3.63) is 65.6 Å². The third kappa shape index (κ3) is 9.53. The van der Waals surface area contributed by atoms with E-state index >= 15 is 0 Å². The maximum absolute atomic E-state index is 14.7. The summed E-state index contributed by atoms with van der Waals surface area (Å²) in [5.41, 5.74) is 8.74. The van der Waals surface area contributed by atoms with Crippen LogP contribution in [0.5, 0.6) is 5.75 Å². The topological polar surface area (TPSA) is 170 Å². The maximum atomic E-state index is 14.7. The van der Waals surface area contributed by atoms with Crippen molar-refractivity contribution in [2.24, 2.45) is 17.3 Å². The fourth-order valence-corrected chi connectivity index (χ4v) is 10.2. The largest absolute Gasteiger partial charge is 0.508 e. The van der Waals surface area contributed by atoms with Gasteiger partial charge in [0, 0.05) is 75.4 Å². The smallest absolute Gasteiger partial charge is 0.324 e. The van der Waals surface area contributed by atoms with Crippen LogP contribution in [0.1, 0.15) is 65.0 Å². The normalized spacial score (nSPS) is 20.7. The molecular formula is C48H62N8O7S. The van der Waals surface area contributed by atoms with E-state index in [2.05, 4.69) is 60.2 Å². The summed E-state index contributed by atoms with van der Waals surface area (Å²) < 4.78 is 8.35. The molecule has 2 fully saturated rings. The van der Waals surface area contributed by atoms with Crippen LogP contribution in [-0.2, 0) is 48.1 Å². The highest BCUT2D eigenvalue weighted by atomic mass is 32.1. The van der Waals surface area contributed by atoms with Crippen LogP contribution in [0.2, 0.25) is 0 Å². The zero-order chi connectivity index (χ0) is 46.2. The summed E-state index contributed by atoms with van der Waals surface area (Å²) in [6.45, 7) is 15.2. The number of benzene rings is 2. The second-order valence-electron chi connectivity index (χ2n) is 18.7. The SMILES string of the molecule is C=CC(=O)N1CC[C@H](C(=O)N(C)[C@H](C(=O)N[C@H]2Cc3cc(O)cc(c3)-c3ccc4c(c3)c(c(-c3csc(N(C)C)n3)n4CC)CC(C)(C)COC(=O)[C@@H]3CCCN(N3)C2=O)C(C)C)C1. The van der Waals surface area contributed by atoms with Gasteiger partial charge >= 0.3 is 5.97 Å². The zero-order valence-electron chi connectivity index (χ0n) is 38.3. The molecule has 5 heterocycles. The molecule has 0 saturated carbocycles. The molecule has 342 valence electrons. The number of aryl methyl sites for hydroxylation is 1. The predicted molar refractivity (Wildman–Crippen MR) is 248 cm³/mol. The van der Waals surface area contributed by atoms with Gasteiger partial charge in [0.15, 0.2) is 5.13 Å². The van der Waals surface area contributed by atoms with Gasteiger partial charge in [-0.2, -0.15) is 0 Å². The first-order valence-electron chi connectivity index (χ1n) is 22.2. The first kappa shape index (κ1) is 46.3. The molecule has 0 aliphatic carbocycles.